The van der Waals surface area contributed by atoms with Crippen LogP contribution in [-0.2, 0) is 0 Å². The van der Waals surface area contributed by atoms with E-state index in [1.165, 1.54) is 53.8 Å². The molecule has 9 aromatic carbocycles. The second kappa shape index (κ2) is 14.7. The predicted octanol–water partition coefficient (Wildman–Crippen LogP) is 11.0. The van der Waals surface area contributed by atoms with Crippen molar-refractivity contribution in [1.29, 1.82) is 0 Å². The Morgan fingerprint density at radius 3 is 1.43 bits per heavy atom. The topological polar surface area (TPSA) is 3.24 Å². The molecule has 0 N–H and O–H groups in total. The van der Waals surface area contributed by atoms with Crippen LogP contribution in [0.4, 0.5) is 17.1 Å². The zero-order valence-electron chi connectivity index (χ0n) is 30.0. The normalized spacial score (nSPS) is 11.3. The molecule has 0 atom stereocenters. The molecule has 2 heteroatoms. The molecule has 0 aliphatic heterocycles. The fourth-order valence-corrected chi connectivity index (χ4v) is 12.9. The maximum atomic E-state index is 2.47. The smallest absolute Gasteiger partial charge is 0.179 e. The summed E-state index contributed by atoms with van der Waals surface area (Å²) in [6.45, 7) is 0. The Bertz CT molecular complexity index is 2600. The second-order valence-electron chi connectivity index (χ2n) is 13.7. The van der Waals surface area contributed by atoms with Crippen LogP contribution in [0.1, 0.15) is 0 Å². The van der Waals surface area contributed by atoms with Gasteiger partial charge in [-0.15, -0.1) is 0 Å². The van der Waals surface area contributed by atoms with Crippen LogP contribution in [0.15, 0.2) is 237 Å². The first kappa shape index (κ1) is 33.1. The number of rotatable bonds is 9. The van der Waals surface area contributed by atoms with Crippen LogP contribution >= 0.6 is 0 Å². The summed E-state index contributed by atoms with van der Waals surface area (Å²) in [6.07, 6.45) is 0. The molecule has 0 amide bonds. The van der Waals surface area contributed by atoms with Crippen LogP contribution in [-0.4, -0.2) is 8.07 Å². The van der Waals surface area contributed by atoms with Crippen molar-refractivity contribution in [2.24, 2.45) is 0 Å². The molecule has 0 saturated heterocycles. The Hall–Kier alpha value is -6.74. The first-order valence-electron chi connectivity index (χ1n) is 18.6. The molecule has 256 valence electrons. The number of para-hydroxylation sites is 1. The summed E-state index contributed by atoms with van der Waals surface area (Å²) >= 11 is 0. The van der Waals surface area contributed by atoms with E-state index in [1.807, 2.05) is 0 Å². The molecule has 0 saturated carbocycles. The summed E-state index contributed by atoms with van der Waals surface area (Å²) in [5.74, 6) is 0. The van der Waals surface area contributed by atoms with Gasteiger partial charge in [-0.1, -0.05) is 200 Å². The van der Waals surface area contributed by atoms with E-state index in [4.69, 9.17) is 0 Å². The highest BCUT2D eigenvalue weighted by atomic mass is 28.3. The fourth-order valence-electron chi connectivity index (χ4n) is 8.07. The molecule has 1 nitrogen and oxygen atoms in total. The maximum absolute atomic E-state index is 2.85. The van der Waals surface area contributed by atoms with Crippen molar-refractivity contribution in [1.82, 2.24) is 0 Å². The Morgan fingerprint density at radius 2 is 0.778 bits per heavy atom. The lowest BCUT2D eigenvalue weighted by atomic mass is 9.96. The Kier molecular flexibility index (Phi) is 9.02. The molecule has 9 rings (SSSR count). The van der Waals surface area contributed by atoms with Gasteiger partial charge in [-0.25, -0.2) is 0 Å². The number of hydrogen-bond donors (Lipinski definition) is 0. The lowest BCUT2D eigenvalue weighted by Gasteiger charge is -2.36. The summed E-state index contributed by atoms with van der Waals surface area (Å²) in [5, 5.41) is 7.91. The fraction of sp³-hybridized carbons (Fsp3) is 0. The molecule has 0 radical (unpaired) electrons. The van der Waals surface area contributed by atoms with E-state index < -0.39 is 8.07 Å². The highest BCUT2D eigenvalue weighted by Gasteiger charge is 2.42. The number of anilines is 3. The molecular weight excluding hydrogens is 667 g/mol. The average Bonchev–Trinajstić information content (AvgIpc) is 3.26. The summed E-state index contributed by atoms with van der Waals surface area (Å²) in [7, 11) is -2.85. The number of fused-ring (bicyclic) bond motifs is 1. The molecule has 0 unspecified atom stereocenters. The number of hydrogen-bond acceptors (Lipinski definition) is 1. The molecule has 0 aromatic heterocycles. The van der Waals surface area contributed by atoms with E-state index >= 15 is 0 Å². The van der Waals surface area contributed by atoms with Crippen molar-refractivity contribution in [3.8, 4) is 22.3 Å². The van der Waals surface area contributed by atoms with Crippen LogP contribution in [0, 0.1) is 0 Å². The first-order valence-corrected chi connectivity index (χ1v) is 20.6. The van der Waals surface area contributed by atoms with Gasteiger partial charge < -0.3 is 4.90 Å². The predicted molar refractivity (Wildman–Crippen MR) is 233 cm³/mol. The SMILES string of the molecule is c1ccc(-c2ccc(N(c3ccccc3)c3cccc([Si](c4ccccc4)(c4ccccc4)c4ccc5ccccc5c4)c3)c(-c3ccccc3)c2)cc1. The summed E-state index contributed by atoms with van der Waals surface area (Å²) in [6, 6.07) is 86.8. The third-order valence-electron chi connectivity index (χ3n) is 10.6. The molecule has 0 heterocycles. The van der Waals surface area contributed by atoms with Gasteiger partial charge in [-0.2, -0.15) is 0 Å². The minimum Gasteiger partial charge on any atom is -0.310 e. The minimum absolute atomic E-state index is 1.11. The van der Waals surface area contributed by atoms with Gasteiger partial charge in [-0.05, 0) is 84.6 Å². The van der Waals surface area contributed by atoms with Gasteiger partial charge in [0, 0.05) is 16.9 Å². The first-order chi connectivity index (χ1) is 26.8. The quantitative estimate of drug-likeness (QED) is 0.107. The molecule has 9 aromatic rings. The average molecular weight is 706 g/mol. The van der Waals surface area contributed by atoms with Gasteiger partial charge in [0.25, 0.3) is 0 Å². The lowest BCUT2D eigenvalue weighted by Crippen LogP contribution is -2.74. The standard InChI is InChI=1S/C52H39NSi/c1-6-19-40(20-7-1)44-34-36-52(51(38-44)42-22-8-2-9-23-42)53(45-25-10-3-11-26-45)46-27-18-32-49(39-46)54(47-28-12-4-13-29-47,48-30-14-5-15-31-48)50-35-33-41-21-16-17-24-43(41)37-50/h1-39H. The molecule has 0 fully saturated rings. The monoisotopic (exact) mass is 705 g/mol. The lowest BCUT2D eigenvalue weighted by molar-refractivity contribution is 1.29. The minimum atomic E-state index is -2.85. The van der Waals surface area contributed by atoms with Crippen molar-refractivity contribution in [2.75, 3.05) is 4.90 Å². The van der Waals surface area contributed by atoms with Crippen LogP contribution in [0.3, 0.4) is 0 Å². The van der Waals surface area contributed by atoms with Crippen molar-refractivity contribution in [2.45, 2.75) is 0 Å². The van der Waals surface area contributed by atoms with Crippen LogP contribution in [0.5, 0.6) is 0 Å². The molecule has 0 bridgehead atoms. The van der Waals surface area contributed by atoms with E-state index in [0.717, 1.165) is 17.1 Å². The van der Waals surface area contributed by atoms with Crippen LogP contribution < -0.4 is 25.6 Å². The highest BCUT2D eigenvalue weighted by molar-refractivity contribution is 7.20. The van der Waals surface area contributed by atoms with E-state index in [0.29, 0.717) is 0 Å². The van der Waals surface area contributed by atoms with E-state index in [-0.39, 0.29) is 0 Å². The third kappa shape index (κ3) is 6.13. The zero-order chi connectivity index (χ0) is 36.2. The van der Waals surface area contributed by atoms with Gasteiger partial charge in [-0.3, -0.25) is 0 Å². The van der Waals surface area contributed by atoms with Crippen molar-refractivity contribution in [3.63, 3.8) is 0 Å². The van der Waals surface area contributed by atoms with E-state index in [1.54, 1.807) is 0 Å². The van der Waals surface area contributed by atoms with E-state index in [2.05, 4.69) is 241 Å². The molecular formula is C52H39NSi. The van der Waals surface area contributed by atoms with Crippen molar-refractivity contribution in [3.05, 3.63) is 237 Å². The van der Waals surface area contributed by atoms with Gasteiger partial charge in [0.05, 0.1) is 5.69 Å². The Balaban J connectivity index is 1.32. The van der Waals surface area contributed by atoms with Crippen molar-refractivity contribution < 1.29 is 0 Å². The molecule has 0 aliphatic carbocycles. The molecule has 0 aliphatic rings. The number of nitrogens with zero attached hydrogens (tertiary/aromatic N) is 1. The summed E-state index contributed by atoms with van der Waals surface area (Å²) in [5.41, 5.74) is 8.10. The van der Waals surface area contributed by atoms with Crippen molar-refractivity contribution >= 4 is 56.7 Å². The second-order valence-corrected chi connectivity index (χ2v) is 17.5. The van der Waals surface area contributed by atoms with Crippen LogP contribution in [0.2, 0.25) is 0 Å². The third-order valence-corrected chi connectivity index (χ3v) is 15.3. The molecule has 0 spiro atoms. The van der Waals surface area contributed by atoms with Gasteiger partial charge in [0.2, 0.25) is 0 Å². The summed E-state index contributed by atoms with van der Waals surface area (Å²) in [4.78, 5) is 2.44. The maximum Gasteiger partial charge on any atom is 0.179 e. The van der Waals surface area contributed by atoms with Gasteiger partial charge in [0.1, 0.15) is 0 Å². The Morgan fingerprint density at radius 1 is 0.278 bits per heavy atom. The zero-order valence-corrected chi connectivity index (χ0v) is 31.0. The van der Waals surface area contributed by atoms with E-state index in [9.17, 15) is 0 Å². The van der Waals surface area contributed by atoms with Crippen LogP contribution in [0.25, 0.3) is 33.0 Å². The highest BCUT2D eigenvalue weighted by Crippen LogP contribution is 2.42. The Labute approximate surface area is 319 Å². The largest absolute Gasteiger partial charge is 0.310 e. The van der Waals surface area contributed by atoms with Gasteiger partial charge >= 0.3 is 0 Å². The summed E-state index contributed by atoms with van der Waals surface area (Å²) < 4.78 is 0. The van der Waals surface area contributed by atoms with Gasteiger partial charge in [0.15, 0.2) is 8.07 Å². The molecule has 54 heavy (non-hydrogen) atoms. The number of benzene rings is 9.